The maximum atomic E-state index is 12.1. The maximum Gasteiger partial charge on any atom is 0.339 e. The Morgan fingerprint density at radius 2 is 2.10 bits per heavy atom. The molecule has 0 unspecified atom stereocenters. The predicted molar refractivity (Wildman–Crippen MR) is 71.7 cm³/mol. The highest BCUT2D eigenvalue weighted by molar-refractivity contribution is 5.95. The number of carbonyl (C=O) groups excluding carboxylic acids is 2. The minimum Gasteiger partial charge on any atom is -0.453 e. The molecule has 1 amide bonds. The van der Waals surface area contributed by atoms with E-state index in [0.29, 0.717) is 5.56 Å². The summed E-state index contributed by atoms with van der Waals surface area (Å²) in [6, 6.07) is 4.03. The van der Waals surface area contributed by atoms with Crippen LogP contribution in [0.5, 0.6) is 0 Å². The molecule has 0 aliphatic carbocycles. The molecule has 1 saturated heterocycles. The summed E-state index contributed by atoms with van der Waals surface area (Å²) < 4.78 is 5.19. The van der Waals surface area contributed by atoms with Crippen molar-refractivity contribution in [3.05, 3.63) is 39.4 Å². The van der Waals surface area contributed by atoms with Gasteiger partial charge in [-0.15, -0.1) is 0 Å². The second-order valence-corrected chi connectivity index (χ2v) is 5.21. The molecule has 2 heterocycles. The topological polar surface area (TPSA) is 89.8 Å². The van der Waals surface area contributed by atoms with Crippen LogP contribution in [0.3, 0.4) is 0 Å². The molecule has 0 bridgehead atoms. The lowest BCUT2D eigenvalue weighted by Crippen LogP contribution is -2.28. The van der Waals surface area contributed by atoms with E-state index in [0.717, 1.165) is 25.9 Å². The number of nitro benzene ring substituents is 1. The molecule has 0 spiro atoms. The molecule has 7 nitrogen and oxygen atoms in total. The number of non-ortho nitro benzene ring substituents is 1. The van der Waals surface area contributed by atoms with Crippen molar-refractivity contribution in [1.29, 1.82) is 0 Å². The Bertz CT molecular complexity index is 622. The van der Waals surface area contributed by atoms with Crippen molar-refractivity contribution in [2.45, 2.75) is 25.4 Å². The Morgan fingerprint density at radius 1 is 1.38 bits per heavy atom. The van der Waals surface area contributed by atoms with Gasteiger partial charge in [0.2, 0.25) is 5.91 Å². The van der Waals surface area contributed by atoms with E-state index in [1.807, 2.05) is 0 Å². The number of amides is 1. The van der Waals surface area contributed by atoms with Crippen LogP contribution in [-0.4, -0.2) is 34.8 Å². The van der Waals surface area contributed by atoms with Gasteiger partial charge in [0.25, 0.3) is 5.69 Å². The molecule has 21 heavy (non-hydrogen) atoms. The monoisotopic (exact) mass is 290 g/mol. The van der Waals surface area contributed by atoms with Crippen molar-refractivity contribution in [3.63, 3.8) is 0 Å². The van der Waals surface area contributed by atoms with E-state index in [9.17, 15) is 19.7 Å². The summed E-state index contributed by atoms with van der Waals surface area (Å²) in [7, 11) is 0. The highest BCUT2D eigenvalue weighted by Crippen LogP contribution is 2.35. The van der Waals surface area contributed by atoms with Gasteiger partial charge in [0.05, 0.1) is 16.9 Å². The summed E-state index contributed by atoms with van der Waals surface area (Å²) in [4.78, 5) is 35.8. The van der Waals surface area contributed by atoms with E-state index in [1.54, 1.807) is 4.90 Å². The van der Waals surface area contributed by atoms with Gasteiger partial charge >= 0.3 is 5.97 Å². The average Bonchev–Trinajstić information content (AvgIpc) is 3.08. The van der Waals surface area contributed by atoms with Crippen molar-refractivity contribution in [3.8, 4) is 0 Å². The molecule has 0 radical (unpaired) electrons. The first kappa shape index (κ1) is 13.5. The van der Waals surface area contributed by atoms with E-state index in [1.165, 1.54) is 18.2 Å². The van der Waals surface area contributed by atoms with Crippen molar-refractivity contribution in [1.82, 2.24) is 4.90 Å². The summed E-state index contributed by atoms with van der Waals surface area (Å²) in [5, 5.41) is 10.7. The molecule has 1 fully saturated rings. The molecule has 110 valence electrons. The van der Waals surface area contributed by atoms with Crippen LogP contribution in [0.2, 0.25) is 0 Å². The summed E-state index contributed by atoms with van der Waals surface area (Å²) in [5.74, 6) is -0.649. The Kier molecular flexibility index (Phi) is 3.32. The van der Waals surface area contributed by atoms with Crippen LogP contribution < -0.4 is 0 Å². The summed E-state index contributed by atoms with van der Waals surface area (Å²) in [5.41, 5.74) is 0.582. The average molecular weight is 290 g/mol. The first-order valence-corrected chi connectivity index (χ1v) is 6.83. The fourth-order valence-electron chi connectivity index (χ4n) is 2.78. The Labute approximate surface area is 120 Å². The first-order chi connectivity index (χ1) is 10.1. The third-order valence-corrected chi connectivity index (χ3v) is 3.88. The molecular formula is C14H14N2O5. The number of hydrogen-bond acceptors (Lipinski definition) is 5. The van der Waals surface area contributed by atoms with Gasteiger partial charge in [-0.25, -0.2) is 4.79 Å². The van der Waals surface area contributed by atoms with E-state index in [4.69, 9.17) is 4.74 Å². The van der Waals surface area contributed by atoms with Crippen molar-refractivity contribution in [2.24, 2.45) is 0 Å². The third-order valence-electron chi connectivity index (χ3n) is 3.88. The second kappa shape index (κ2) is 5.16. The summed E-state index contributed by atoms with van der Waals surface area (Å²) >= 11 is 0. The van der Waals surface area contributed by atoms with Crippen molar-refractivity contribution in [2.75, 3.05) is 13.1 Å². The maximum absolute atomic E-state index is 12.1. The summed E-state index contributed by atoms with van der Waals surface area (Å²) in [6.45, 7) is 1.49. The van der Waals surface area contributed by atoms with Gasteiger partial charge in [0.1, 0.15) is 6.10 Å². The molecule has 1 aromatic rings. The molecule has 0 N–H and O–H groups in total. The van der Waals surface area contributed by atoms with E-state index in [2.05, 4.69) is 0 Å². The second-order valence-electron chi connectivity index (χ2n) is 5.21. The lowest BCUT2D eigenvalue weighted by molar-refractivity contribution is -0.384. The molecular weight excluding hydrogens is 276 g/mol. The fraction of sp³-hybridized carbons (Fsp3) is 0.429. The zero-order valence-electron chi connectivity index (χ0n) is 11.3. The first-order valence-electron chi connectivity index (χ1n) is 6.83. The molecule has 1 aromatic carbocycles. The normalized spacial score (nSPS) is 20.3. The third kappa shape index (κ3) is 2.46. The molecule has 0 aromatic heterocycles. The van der Waals surface area contributed by atoms with Gasteiger partial charge in [-0.05, 0) is 18.9 Å². The number of cyclic esters (lactones) is 1. The highest BCUT2D eigenvalue weighted by Gasteiger charge is 2.35. The van der Waals surface area contributed by atoms with Crippen molar-refractivity contribution < 1.29 is 19.2 Å². The smallest absolute Gasteiger partial charge is 0.339 e. The number of nitro groups is 1. The number of hydrogen-bond donors (Lipinski definition) is 0. The van der Waals surface area contributed by atoms with Crippen LogP contribution in [0, 0.1) is 10.1 Å². The number of esters is 1. The number of nitrogens with zero attached hydrogens (tertiary/aromatic N) is 2. The number of benzene rings is 1. The zero-order chi connectivity index (χ0) is 15.0. The molecule has 7 heteroatoms. The lowest BCUT2D eigenvalue weighted by atomic mass is 10.0. The van der Waals surface area contributed by atoms with Gasteiger partial charge in [0.15, 0.2) is 0 Å². The molecule has 1 atom stereocenters. The Hall–Kier alpha value is -2.44. The SMILES string of the molecule is O=C1O[C@H](CC(=O)N2CCCC2)c2ccc([N+](=O)[O-])cc21. The number of likely N-dealkylation sites (tertiary alicyclic amines) is 1. The Balaban J connectivity index is 1.80. The fourth-order valence-corrected chi connectivity index (χ4v) is 2.78. The number of fused-ring (bicyclic) bond motifs is 1. The number of rotatable bonds is 3. The van der Waals surface area contributed by atoms with Crippen LogP contribution >= 0.6 is 0 Å². The largest absolute Gasteiger partial charge is 0.453 e. The van der Waals surface area contributed by atoms with Crippen LogP contribution in [-0.2, 0) is 9.53 Å². The van der Waals surface area contributed by atoms with Crippen LogP contribution in [0.25, 0.3) is 0 Å². The van der Waals surface area contributed by atoms with Gasteiger partial charge in [-0.2, -0.15) is 0 Å². The van der Waals surface area contributed by atoms with E-state index >= 15 is 0 Å². The van der Waals surface area contributed by atoms with E-state index in [-0.39, 0.29) is 23.6 Å². The molecule has 3 rings (SSSR count). The van der Waals surface area contributed by atoms with Crippen LogP contribution in [0.15, 0.2) is 18.2 Å². The summed E-state index contributed by atoms with van der Waals surface area (Å²) in [6.07, 6.45) is 1.45. The number of carbonyl (C=O) groups is 2. The molecule has 2 aliphatic heterocycles. The minimum absolute atomic E-state index is 0.0449. The standard InChI is InChI=1S/C14H14N2O5/c17-13(15-5-1-2-6-15)8-12-10-4-3-9(16(19)20)7-11(10)14(18)21-12/h3-4,7,12H,1-2,5-6,8H2/t12-/m1/s1. The lowest BCUT2D eigenvalue weighted by Gasteiger charge is -2.17. The van der Waals surface area contributed by atoms with E-state index < -0.39 is 17.0 Å². The highest BCUT2D eigenvalue weighted by atomic mass is 16.6. The van der Waals surface area contributed by atoms with Gasteiger partial charge in [-0.1, -0.05) is 0 Å². The van der Waals surface area contributed by atoms with Crippen molar-refractivity contribution >= 4 is 17.6 Å². The quantitative estimate of drug-likeness (QED) is 0.481. The van der Waals surface area contributed by atoms with Gasteiger partial charge < -0.3 is 9.64 Å². The zero-order valence-corrected chi connectivity index (χ0v) is 11.3. The Morgan fingerprint density at radius 3 is 2.76 bits per heavy atom. The predicted octanol–water partition coefficient (Wildman–Crippen LogP) is 1.82. The van der Waals surface area contributed by atoms with Gasteiger partial charge in [0, 0.05) is 30.8 Å². The molecule has 2 aliphatic rings. The number of ether oxygens (including phenoxy) is 1. The van der Waals surface area contributed by atoms with Crippen LogP contribution in [0.4, 0.5) is 5.69 Å². The minimum atomic E-state index is -0.638. The van der Waals surface area contributed by atoms with Crippen LogP contribution in [0.1, 0.15) is 41.3 Å². The van der Waals surface area contributed by atoms with Gasteiger partial charge in [-0.3, -0.25) is 14.9 Å². The molecule has 0 saturated carbocycles.